The van der Waals surface area contributed by atoms with Crippen molar-refractivity contribution in [2.45, 2.75) is 31.7 Å². The predicted molar refractivity (Wildman–Crippen MR) is 90.8 cm³/mol. The van der Waals surface area contributed by atoms with Crippen molar-refractivity contribution >= 4 is 33.0 Å². The van der Waals surface area contributed by atoms with Gasteiger partial charge in [-0.2, -0.15) is 41.2 Å². The van der Waals surface area contributed by atoms with Gasteiger partial charge in [0.1, 0.15) is 10.8 Å². The number of halogens is 4. The molecule has 15 heteroatoms. The molecule has 152 valence electrons. The molecule has 3 aromatic rings. The average molecular weight is 440 g/mol. The highest BCUT2D eigenvalue weighted by molar-refractivity contribution is 7.92. The van der Waals surface area contributed by atoms with E-state index < -0.39 is 32.7 Å². The van der Waals surface area contributed by atoms with Gasteiger partial charge in [0.2, 0.25) is 0 Å². The molecule has 0 atom stereocenters. The summed E-state index contributed by atoms with van der Waals surface area (Å²) in [4.78, 5) is 7.59. The number of fused-ring (bicyclic) bond motifs is 1. The molecule has 0 unspecified atom stereocenters. The lowest BCUT2D eigenvalue weighted by atomic mass is 10.3. The van der Waals surface area contributed by atoms with E-state index in [0.717, 1.165) is 9.20 Å². The largest absolute Gasteiger partial charge is 0.467 e. The first-order chi connectivity index (χ1) is 13.0. The van der Waals surface area contributed by atoms with E-state index in [0.29, 0.717) is 0 Å². The highest BCUT2D eigenvalue weighted by Crippen LogP contribution is 2.36. The number of rotatable bonds is 5. The van der Waals surface area contributed by atoms with Crippen LogP contribution in [0.15, 0.2) is 11.2 Å². The van der Waals surface area contributed by atoms with E-state index >= 15 is 0 Å². The van der Waals surface area contributed by atoms with E-state index in [1.165, 1.54) is 20.1 Å². The van der Waals surface area contributed by atoms with Crippen LogP contribution in [0.2, 0.25) is 5.15 Å². The lowest BCUT2D eigenvalue weighted by molar-refractivity contribution is -0.140. The van der Waals surface area contributed by atoms with Crippen LogP contribution in [0.3, 0.4) is 0 Å². The summed E-state index contributed by atoms with van der Waals surface area (Å²) >= 11 is 5.79. The second-order valence-corrected chi connectivity index (χ2v) is 7.42. The van der Waals surface area contributed by atoms with Crippen molar-refractivity contribution in [1.82, 2.24) is 29.4 Å². The highest BCUT2D eigenvalue weighted by atomic mass is 35.5. The fraction of sp³-hybridized carbons (Fsp3) is 0.385. The molecule has 0 saturated carbocycles. The molecule has 28 heavy (non-hydrogen) atoms. The molecule has 0 aliphatic heterocycles. The van der Waals surface area contributed by atoms with E-state index in [1.54, 1.807) is 6.92 Å². The van der Waals surface area contributed by atoms with Crippen LogP contribution in [0, 0.1) is 6.92 Å². The molecule has 10 nitrogen and oxygen atoms in total. The number of alkyl halides is 3. The second-order valence-electron chi connectivity index (χ2n) is 5.46. The zero-order valence-electron chi connectivity index (χ0n) is 14.6. The van der Waals surface area contributed by atoms with Gasteiger partial charge in [0.05, 0.1) is 12.8 Å². The van der Waals surface area contributed by atoms with Crippen LogP contribution in [0.5, 0.6) is 6.01 Å². The number of ether oxygens (including phenoxy) is 1. The first-order valence-electron chi connectivity index (χ1n) is 7.62. The van der Waals surface area contributed by atoms with Gasteiger partial charge in [-0.3, -0.25) is 9.40 Å². The number of sulfonamides is 1. The third-order valence-electron chi connectivity index (χ3n) is 3.68. The Kier molecular flexibility index (Phi) is 4.87. The fourth-order valence-electron chi connectivity index (χ4n) is 2.42. The summed E-state index contributed by atoms with van der Waals surface area (Å²) in [6.45, 7) is 3.00. The number of methoxy groups -OCH3 is 1. The molecule has 0 fully saturated rings. The molecule has 3 heterocycles. The van der Waals surface area contributed by atoms with Crippen molar-refractivity contribution in [3.63, 3.8) is 0 Å². The molecule has 0 amide bonds. The van der Waals surface area contributed by atoms with Crippen LogP contribution >= 0.6 is 11.6 Å². The SMILES string of the molecule is CCn1nc(C(F)(F)F)c(NS(=O)(=O)c2nc3cc(Cl)nc(OC)n3n2)c1C. The summed E-state index contributed by atoms with van der Waals surface area (Å²) < 4.78 is 73.9. The van der Waals surface area contributed by atoms with Crippen molar-refractivity contribution in [3.05, 3.63) is 22.6 Å². The predicted octanol–water partition coefficient (Wildman–Crippen LogP) is 2.13. The Labute approximate surface area is 161 Å². The molecule has 0 aliphatic rings. The van der Waals surface area contributed by atoms with Gasteiger partial charge in [0.25, 0.3) is 15.2 Å². The first-order valence-corrected chi connectivity index (χ1v) is 9.48. The average Bonchev–Trinajstić information content (AvgIpc) is 3.16. The van der Waals surface area contributed by atoms with E-state index in [9.17, 15) is 21.6 Å². The van der Waals surface area contributed by atoms with Crippen LogP contribution in [0.25, 0.3) is 5.65 Å². The molecule has 3 rings (SSSR count). The van der Waals surface area contributed by atoms with Gasteiger partial charge in [0, 0.05) is 12.6 Å². The Balaban J connectivity index is 2.11. The van der Waals surface area contributed by atoms with Crippen molar-refractivity contribution in [3.8, 4) is 6.01 Å². The van der Waals surface area contributed by atoms with Crippen LogP contribution in [-0.2, 0) is 22.7 Å². The number of nitrogens with one attached hydrogen (secondary N) is 1. The minimum absolute atomic E-state index is 0.00976. The lowest BCUT2D eigenvalue weighted by Gasteiger charge is -2.08. The third kappa shape index (κ3) is 3.44. The van der Waals surface area contributed by atoms with Gasteiger partial charge < -0.3 is 4.74 Å². The smallest absolute Gasteiger partial charge is 0.437 e. The second kappa shape index (κ2) is 6.77. The topological polar surface area (TPSA) is 116 Å². The maximum Gasteiger partial charge on any atom is 0.437 e. The number of aryl methyl sites for hydroxylation is 1. The quantitative estimate of drug-likeness (QED) is 0.605. The summed E-state index contributed by atoms with van der Waals surface area (Å²) in [7, 11) is -3.33. The third-order valence-corrected chi connectivity index (χ3v) is 5.00. The van der Waals surface area contributed by atoms with Crippen LogP contribution in [0.1, 0.15) is 18.3 Å². The number of aromatic nitrogens is 6. The van der Waals surface area contributed by atoms with Crippen molar-refractivity contribution in [2.75, 3.05) is 11.8 Å². The first kappa shape index (κ1) is 20.1. The molecule has 0 spiro atoms. The zero-order chi connectivity index (χ0) is 20.9. The molecule has 0 bridgehead atoms. The Morgan fingerprint density at radius 3 is 2.54 bits per heavy atom. The highest BCUT2D eigenvalue weighted by Gasteiger charge is 2.40. The maximum absolute atomic E-state index is 13.3. The summed E-state index contributed by atoms with van der Waals surface area (Å²) in [5, 5.41) is 6.35. The summed E-state index contributed by atoms with van der Waals surface area (Å²) in [6.07, 6.45) is -4.87. The van der Waals surface area contributed by atoms with E-state index in [4.69, 9.17) is 16.3 Å². The molecular weight excluding hydrogens is 427 g/mol. The molecule has 0 aliphatic carbocycles. The molecule has 0 aromatic carbocycles. The number of nitrogens with zero attached hydrogens (tertiary/aromatic N) is 6. The van der Waals surface area contributed by atoms with E-state index in [2.05, 4.69) is 20.2 Å². The monoisotopic (exact) mass is 439 g/mol. The van der Waals surface area contributed by atoms with Gasteiger partial charge in [-0.25, -0.2) is 0 Å². The van der Waals surface area contributed by atoms with Gasteiger partial charge in [-0.05, 0) is 13.8 Å². The molecule has 1 N–H and O–H groups in total. The summed E-state index contributed by atoms with van der Waals surface area (Å²) in [5.41, 5.74) is -2.09. The minimum atomic E-state index is -4.87. The maximum atomic E-state index is 13.3. The van der Waals surface area contributed by atoms with Crippen LogP contribution < -0.4 is 9.46 Å². The van der Waals surface area contributed by atoms with Crippen molar-refractivity contribution in [1.29, 1.82) is 0 Å². The molecular formula is C13H13ClF3N7O3S. The summed E-state index contributed by atoms with van der Waals surface area (Å²) in [6, 6.07) is 1.07. The molecule has 0 radical (unpaired) electrons. The normalized spacial score (nSPS) is 12.5. The van der Waals surface area contributed by atoms with Crippen molar-refractivity contribution in [2.24, 2.45) is 0 Å². The van der Waals surface area contributed by atoms with Gasteiger partial charge in [-0.15, -0.1) is 5.10 Å². The Bertz CT molecular complexity index is 1160. The standard InChI is InChI=1S/C13H13ClF3N7O3S/c1-4-23-6(2)9(10(20-23)13(15,16)17)22-28(25,26)11-19-8-5-7(14)18-12(27-3)24(8)21-11/h5,22H,4H2,1-3H3. The van der Waals surface area contributed by atoms with Gasteiger partial charge in [-0.1, -0.05) is 11.6 Å². The molecule has 3 aromatic heterocycles. The number of hydrogen-bond acceptors (Lipinski definition) is 7. The zero-order valence-corrected chi connectivity index (χ0v) is 16.2. The Hall–Kier alpha value is -2.61. The fourth-order valence-corrected chi connectivity index (χ4v) is 3.59. The van der Waals surface area contributed by atoms with E-state index in [1.807, 2.05) is 4.72 Å². The Morgan fingerprint density at radius 2 is 1.96 bits per heavy atom. The van der Waals surface area contributed by atoms with Crippen LogP contribution in [-0.4, -0.2) is 44.9 Å². The minimum Gasteiger partial charge on any atom is -0.467 e. The van der Waals surface area contributed by atoms with E-state index in [-0.39, 0.29) is 29.0 Å². The van der Waals surface area contributed by atoms with Crippen LogP contribution in [0.4, 0.5) is 18.9 Å². The van der Waals surface area contributed by atoms with Gasteiger partial charge >= 0.3 is 12.2 Å². The van der Waals surface area contributed by atoms with Gasteiger partial charge in [0.15, 0.2) is 11.3 Å². The molecule has 0 saturated heterocycles. The summed E-state index contributed by atoms with van der Waals surface area (Å²) in [5.74, 6) is 0. The van der Waals surface area contributed by atoms with Crippen molar-refractivity contribution < 1.29 is 26.3 Å². The lowest BCUT2D eigenvalue weighted by Crippen LogP contribution is -2.18. The number of hydrogen-bond donors (Lipinski definition) is 1. The number of anilines is 1. The Morgan fingerprint density at radius 1 is 1.29 bits per heavy atom.